The predicted molar refractivity (Wildman–Crippen MR) is 49.6 cm³/mol. The van der Waals surface area contributed by atoms with Gasteiger partial charge in [0.05, 0.1) is 6.61 Å². The molecule has 0 aliphatic carbocycles. The summed E-state index contributed by atoms with van der Waals surface area (Å²) < 4.78 is 5.40. The van der Waals surface area contributed by atoms with Crippen molar-refractivity contribution >= 4 is 0 Å². The third-order valence-electron chi connectivity index (χ3n) is 2.18. The van der Waals surface area contributed by atoms with Crippen LogP contribution in [0.4, 0.5) is 0 Å². The molecule has 3 heteroatoms. The molecule has 1 rings (SSSR count). The normalized spacial score (nSPS) is 22.4. The summed E-state index contributed by atoms with van der Waals surface area (Å²) in [5.41, 5.74) is 0. The maximum Gasteiger partial charge on any atom is 0.124 e. The number of ether oxygens (including phenoxy) is 1. The molecule has 0 amide bonds. The summed E-state index contributed by atoms with van der Waals surface area (Å²) in [7, 11) is 2.08. The SMILES string of the molecule is CCOCC1N(C)C=CN1CC. The third kappa shape index (κ3) is 1.91. The molecule has 70 valence electrons. The second-order valence-electron chi connectivity index (χ2n) is 2.93. The fraction of sp³-hybridized carbons (Fsp3) is 0.778. The second-order valence-corrected chi connectivity index (χ2v) is 2.93. The van der Waals surface area contributed by atoms with E-state index in [4.69, 9.17) is 4.74 Å². The Morgan fingerprint density at radius 3 is 2.67 bits per heavy atom. The van der Waals surface area contributed by atoms with Gasteiger partial charge < -0.3 is 14.5 Å². The Labute approximate surface area is 74.6 Å². The smallest absolute Gasteiger partial charge is 0.124 e. The van der Waals surface area contributed by atoms with Crippen LogP contribution in [0.2, 0.25) is 0 Å². The minimum Gasteiger partial charge on any atom is -0.378 e. The maximum atomic E-state index is 5.40. The first-order valence-electron chi connectivity index (χ1n) is 4.53. The zero-order chi connectivity index (χ0) is 8.97. The van der Waals surface area contributed by atoms with Crippen LogP contribution in [0.25, 0.3) is 0 Å². The molecule has 0 spiro atoms. The number of hydrogen-bond donors (Lipinski definition) is 0. The van der Waals surface area contributed by atoms with E-state index in [1.807, 2.05) is 6.92 Å². The highest BCUT2D eigenvalue weighted by atomic mass is 16.5. The van der Waals surface area contributed by atoms with Crippen LogP contribution in [0.5, 0.6) is 0 Å². The molecule has 1 heterocycles. The summed E-state index contributed by atoms with van der Waals surface area (Å²) in [4.78, 5) is 4.45. The van der Waals surface area contributed by atoms with Gasteiger partial charge in [-0.15, -0.1) is 0 Å². The highest BCUT2D eigenvalue weighted by Gasteiger charge is 2.21. The van der Waals surface area contributed by atoms with Crippen molar-refractivity contribution in [2.75, 3.05) is 26.8 Å². The van der Waals surface area contributed by atoms with E-state index in [9.17, 15) is 0 Å². The Morgan fingerprint density at radius 1 is 1.33 bits per heavy atom. The van der Waals surface area contributed by atoms with E-state index in [0.717, 1.165) is 19.8 Å². The minimum absolute atomic E-state index is 0.398. The van der Waals surface area contributed by atoms with Gasteiger partial charge in [-0.1, -0.05) is 0 Å². The zero-order valence-corrected chi connectivity index (χ0v) is 8.16. The fourth-order valence-corrected chi connectivity index (χ4v) is 1.38. The second kappa shape index (κ2) is 4.36. The standard InChI is InChI=1S/C9H18N2O/c1-4-11-7-6-10(3)9(11)8-12-5-2/h6-7,9H,4-5,8H2,1-3H3. The molecule has 12 heavy (non-hydrogen) atoms. The van der Waals surface area contributed by atoms with Gasteiger partial charge in [-0.05, 0) is 13.8 Å². The Morgan fingerprint density at radius 2 is 2.08 bits per heavy atom. The van der Waals surface area contributed by atoms with E-state index in [2.05, 4.69) is 36.2 Å². The van der Waals surface area contributed by atoms with E-state index in [1.165, 1.54) is 0 Å². The monoisotopic (exact) mass is 170 g/mol. The van der Waals surface area contributed by atoms with Gasteiger partial charge in [-0.25, -0.2) is 0 Å². The summed E-state index contributed by atoms with van der Waals surface area (Å²) in [6.45, 7) is 6.80. The third-order valence-corrected chi connectivity index (χ3v) is 2.18. The highest BCUT2D eigenvalue weighted by Crippen LogP contribution is 2.13. The van der Waals surface area contributed by atoms with Crippen LogP contribution in [0, 0.1) is 0 Å². The zero-order valence-electron chi connectivity index (χ0n) is 8.16. The Hall–Kier alpha value is -0.700. The number of likely N-dealkylation sites (N-methyl/N-ethyl adjacent to an activating group) is 2. The lowest BCUT2D eigenvalue weighted by Gasteiger charge is -2.29. The van der Waals surface area contributed by atoms with E-state index in [1.54, 1.807) is 0 Å². The van der Waals surface area contributed by atoms with Crippen LogP contribution in [0.3, 0.4) is 0 Å². The van der Waals surface area contributed by atoms with Crippen LogP contribution >= 0.6 is 0 Å². The first-order valence-corrected chi connectivity index (χ1v) is 4.53. The molecule has 1 atom stereocenters. The van der Waals surface area contributed by atoms with Crippen molar-refractivity contribution in [1.82, 2.24) is 9.80 Å². The summed E-state index contributed by atoms with van der Waals surface area (Å²) >= 11 is 0. The molecule has 0 aromatic rings. The number of hydrogen-bond acceptors (Lipinski definition) is 3. The first kappa shape index (κ1) is 9.39. The summed E-state index contributed by atoms with van der Waals surface area (Å²) in [6.07, 6.45) is 4.60. The molecule has 1 aliphatic rings. The lowest BCUT2D eigenvalue weighted by Crippen LogP contribution is -2.40. The molecule has 0 radical (unpaired) electrons. The maximum absolute atomic E-state index is 5.40. The van der Waals surface area contributed by atoms with Gasteiger partial charge in [0, 0.05) is 32.6 Å². The van der Waals surface area contributed by atoms with Crippen molar-refractivity contribution < 1.29 is 4.74 Å². The van der Waals surface area contributed by atoms with Gasteiger partial charge in [0.25, 0.3) is 0 Å². The average Bonchev–Trinajstić information content (AvgIpc) is 2.43. The molecule has 0 fully saturated rings. The van der Waals surface area contributed by atoms with E-state index >= 15 is 0 Å². The molecule has 0 aromatic carbocycles. The molecular formula is C9H18N2O. The van der Waals surface area contributed by atoms with Gasteiger partial charge in [0.15, 0.2) is 0 Å². The van der Waals surface area contributed by atoms with Crippen molar-refractivity contribution in [3.63, 3.8) is 0 Å². The van der Waals surface area contributed by atoms with Crippen LogP contribution < -0.4 is 0 Å². The first-order chi connectivity index (χ1) is 5.79. The molecular weight excluding hydrogens is 152 g/mol. The van der Waals surface area contributed by atoms with Gasteiger partial charge in [0.2, 0.25) is 0 Å². The van der Waals surface area contributed by atoms with Crippen LogP contribution in [0.15, 0.2) is 12.4 Å². The lowest BCUT2D eigenvalue weighted by atomic mass is 10.4. The van der Waals surface area contributed by atoms with Crippen molar-refractivity contribution in [2.45, 2.75) is 20.0 Å². The Kier molecular flexibility index (Phi) is 3.41. The van der Waals surface area contributed by atoms with Crippen molar-refractivity contribution in [2.24, 2.45) is 0 Å². The van der Waals surface area contributed by atoms with E-state index in [0.29, 0.717) is 6.17 Å². The molecule has 0 saturated carbocycles. The average molecular weight is 170 g/mol. The summed E-state index contributed by atoms with van der Waals surface area (Å²) in [5.74, 6) is 0. The van der Waals surface area contributed by atoms with E-state index in [-0.39, 0.29) is 0 Å². The lowest BCUT2D eigenvalue weighted by molar-refractivity contribution is 0.0463. The Balaban J connectivity index is 2.39. The molecule has 0 saturated heterocycles. The molecule has 0 N–H and O–H groups in total. The molecule has 3 nitrogen and oxygen atoms in total. The van der Waals surface area contributed by atoms with Crippen molar-refractivity contribution in [3.05, 3.63) is 12.4 Å². The summed E-state index contributed by atoms with van der Waals surface area (Å²) in [5, 5.41) is 0. The van der Waals surface area contributed by atoms with Crippen molar-refractivity contribution in [1.29, 1.82) is 0 Å². The van der Waals surface area contributed by atoms with Crippen LogP contribution in [-0.4, -0.2) is 42.8 Å². The van der Waals surface area contributed by atoms with Gasteiger partial charge in [-0.3, -0.25) is 0 Å². The largest absolute Gasteiger partial charge is 0.378 e. The van der Waals surface area contributed by atoms with Crippen molar-refractivity contribution in [3.8, 4) is 0 Å². The molecule has 1 unspecified atom stereocenters. The number of rotatable bonds is 4. The minimum atomic E-state index is 0.398. The van der Waals surface area contributed by atoms with Gasteiger partial charge in [0.1, 0.15) is 6.17 Å². The van der Waals surface area contributed by atoms with Crippen LogP contribution in [0.1, 0.15) is 13.8 Å². The fourth-order valence-electron chi connectivity index (χ4n) is 1.38. The quantitative estimate of drug-likeness (QED) is 0.628. The van der Waals surface area contributed by atoms with Crippen LogP contribution in [-0.2, 0) is 4.74 Å². The van der Waals surface area contributed by atoms with Gasteiger partial charge >= 0.3 is 0 Å². The summed E-state index contributed by atoms with van der Waals surface area (Å²) in [6, 6.07) is 0. The molecule has 0 aromatic heterocycles. The topological polar surface area (TPSA) is 15.7 Å². The number of nitrogens with zero attached hydrogens (tertiary/aromatic N) is 2. The van der Waals surface area contributed by atoms with Gasteiger partial charge in [-0.2, -0.15) is 0 Å². The highest BCUT2D eigenvalue weighted by molar-refractivity contribution is 4.94. The predicted octanol–water partition coefficient (Wildman–Crippen LogP) is 1.09. The molecule has 0 bridgehead atoms. The Bertz CT molecular complexity index is 159. The van der Waals surface area contributed by atoms with E-state index < -0.39 is 0 Å². The molecule has 1 aliphatic heterocycles.